The van der Waals surface area contributed by atoms with Gasteiger partial charge in [-0.2, -0.15) is 4.31 Å². The zero-order valence-corrected chi connectivity index (χ0v) is 11.5. The molecule has 0 bridgehead atoms. The van der Waals surface area contributed by atoms with Gasteiger partial charge in [-0.1, -0.05) is 6.42 Å². The molecule has 20 heavy (non-hydrogen) atoms. The first kappa shape index (κ1) is 15.1. The number of sulfonamides is 1. The van der Waals surface area contributed by atoms with E-state index in [0.717, 1.165) is 22.9 Å². The quantitative estimate of drug-likeness (QED) is 0.797. The number of anilines is 1. The first-order valence-electron chi connectivity index (χ1n) is 6.25. The third-order valence-corrected chi connectivity index (χ3v) is 5.39. The van der Waals surface area contributed by atoms with E-state index in [9.17, 15) is 17.2 Å². The zero-order valence-electron chi connectivity index (χ0n) is 10.7. The van der Waals surface area contributed by atoms with Gasteiger partial charge in [-0.3, -0.25) is 0 Å². The minimum absolute atomic E-state index is 0.184. The van der Waals surface area contributed by atoms with Crippen LogP contribution >= 0.6 is 0 Å². The van der Waals surface area contributed by atoms with E-state index >= 15 is 0 Å². The number of nitrogens with zero attached hydrogens (tertiary/aromatic N) is 1. The van der Waals surface area contributed by atoms with Crippen molar-refractivity contribution in [3.05, 3.63) is 23.8 Å². The SMILES string of the molecule is Nc1cc(F)c(S(=O)(=O)N(CCO)C2CCC2)c(F)c1. The number of rotatable bonds is 5. The van der Waals surface area contributed by atoms with Gasteiger partial charge in [0.15, 0.2) is 4.90 Å². The third kappa shape index (κ3) is 2.63. The van der Waals surface area contributed by atoms with Crippen molar-refractivity contribution in [3.8, 4) is 0 Å². The average Bonchev–Trinajstić information content (AvgIpc) is 2.23. The summed E-state index contributed by atoms with van der Waals surface area (Å²) in [5.74, 6) is -2.44. The van der Waals surface area contributed by atoms with Crippen molar-refractivity contribution in [2.45, 2.75) is 30.2 Å². The Morgan fingerprint density at radius 3 is 2.25 bits per heavy atom. The molecule has 112 valence electrons. The van der Waals surface area contributed by atoms with Gasteiger partial charge in [0.05, 0.1) is 6.61 Å². The molecule has 1 aromatic rings. The number of hydrogen-bond acceptors (Lipinski definition) is 4. The first-order chi connectivity index (χ1) is 9.37. The van der Waals surface area contributed by atoms with Crippen molar-refractivity contribution in [3.63, 3.8) is 0 Å². The number of benzene rings is 1. The molecule has 0 aliphatic heterocycles. The summed E-state index contributed by atoms with van der Waals surface area (Å²) in [5.41, 5.74) is 5.09. The molecule has 0 aromatic heterocycles. The van der Waals surface area contributed by atoms with Crippen molar-refractivity contribution in [2.24, 2.45) is 0 Å². The van der Waals surface area contributed by atoms with Crippen LogP contribution in [-0.4, -0.2) is 37.0 Å². The van der Waals surface area contributed by atoms with Gasteiger partial charge in [0.25, 0.3) is 0 Å². The van der Waals surface area contributed by atoms with E-state index in [1.165, 1.54) is 0 Å². The summed E-state index contributed by atoms with van der Waals surface area (Å²) in [6.07, 6.45) is 2.10. The van der Waals surface area contributed by atoms with E-state index in [2.05, 4.69) is 0 Å². The molecule has 0 heterocycles. The molecule has 5 nitrogen and oxygen atoms in total. The Hall–Kier alpha value is -1.25. The van der Waals surface area contributed by atoms with Crippen LogP contribution in [0.4, 0.5) is 14.5 Å². The highest BCUT2D eigenvalue weighted by atomic mass is 32.2. The van der Waals surface area contributed by atoms with Crippen molar-refractivity contribution in [1.29, 1.82) is 0 Å². The van der Waals surface area contributed by atoms with E-state index in [4.69, 9.17) is 10.8 Å². The summed E-state index contributed by atoms with van der Waals surface area (Å²) in [4.78, 5) is -1.01. The highest BCUT2D eigenvalue weighted by Crippen LogP contribution is 2.32. The average molecular weight is 306 g/mol. The van der Waals surface area contributed by atoms with Crippen LogP contribution in [-0.2, 0) is 10.0 Å². The van der Waals surface area contributed by atoms with Crippen LogP contribution in [0.25, 0.3) is 0 Å². The van der Waals surface area contributed by atoms with Gasteiger partial charge in [-0.15, -0.1) is 0 Å². The molecular formula is C12H16F2N2O3S. The maximum atomic E-state index is 13.8. The predicted molar refractivity (Wildman–Crippen MR) is 69.4 cm³/mol. The van der Waals surface area contributed by atoms with Crippen LogP contribution < -0.4 is 5.73 Å². The van der Waals surface area contributed by atoms with Gasteiger partial charge >= 0.3 is 0 Å². The first-order valence-corrected chi connectivity index (χ1v) is 7.69. The van der Waals surface area contributed by atoms with Crippen LogP contribution in [0.3, 0.4) is 0 Å². The monoisotopic (exact) mass is 306 g/mol. The van der Waals surface area contributed by atoms with E-state index in [1.807, 2.05) is 0 Å². The van der Waals surface area contributed by atoms with E-state index in [0.29, 0.717) is 12.8 Å². The van der Waals surface area contributed by atoms with Crippen LogP contribution in [0.1, 0.15) is 19.3 Å². The molecule has 0 spiro atoms. The lowest BCUT2D eigenvalue weighted by Gasteiger charge is -2.36. The summed E-state index contributed by atoms with van der Waals surface area (Å²) >= 11 is 0. The predicted octanol–water partition coefficient (Wildman–Crippen LogP) is 1.08. The minimum Gasteiger partial charge on any atom is -0.399 e. The lowest BCUT2D eigenvalue weighted by atomic mass is 9.93. The van der Waals surface area contributed by atoms with Crippen molar-refractivity contribution >= 4 is 15.7 Å². The molecule has 1 aromatic carbocycles. The molecule has 8 heteroatoms. The topological polar surface area (TPSA) is 83.6 Å². The fourth-order valence-corrected chi connectivity index (χ4v) is 3.99. The van der Waals surface area contributed by atoms with Gasteiger partial charge < -0.3 is 10.8 Å². The Kier molecular flexibility index (Phi) is 4.26. The largest absolute Gasteiger partial charge is 0.399 e. The molecule has 1 saturated carbocycles. The second kappa shape index (κ2) is 5.63. The molecule has 0 radical (unpaired) electrons. The van der Waals surface area contributed by atoms with E-state index < -0.39 is 33.2 Å². The van der Waals surface area contributed by atoms with Gasteiger partial charge in [0, 0.05) is 18.3 Å². The number of aliphatic hydroxyl groups excluding tert-OH is 1. The lowest BCUT2D eigenvalue weighted by Crippen LogP contribution is -2.46. The Balaban J connectivity index is 2.47. The molecule has 2 rings (SSSR count). The van der Waals surface area contributed by atoms with Gasteiger partial charge in [-0.25, -0.2) is 17.2 Å². The van der Waals surface area contributed by atoms with Gasteiger partial charge in [-0.05, 0) is 25.0 Å². The Labute approximate surface area is 116 Å². The van der Waals surface area contributed by atoms with Crippen molar-refractivity contribution in [2.75, 3.05) is 18.9 Å². The Bertz CT molecular complexity index is 580. The van der Waals surface area contributed by atoms with E-state index in [-0.39, 0.29) is 18.3 Å². The molecular weight excluding hydrogens is 290 g/mol. The standard InChI is InChI=1S/C12H16F2N2O3S/c13-10-6-8(15)7-11(14)12(10)20(18,19)16(4-5-17)9-2-1-3-9/h6-7,9,17H,1-5,15H2. The summed E-state index contributed by atoms with van der Waals surface area (Å²) in [6, 6.07) is 1.23. The molecule has 0 saturated heterocycles. The zero-order chi connectivity index (χ0) is 14.9. The number of hydrogen-bond donors (Lipinski definition) is 2. The Morgan fingerprint density at radius 1 is 1.30 bits per heavy atom. The van der Waals surface area contributed by atoms with Crippen LogP contribution in [0.15, 0.2) is 17.0 Å². The maximum absolute atomic E-state index is 13.8. The number of nitrogen functional groups attached to an aromatic ring is 1. The van der Waals surface area contributed by atoms with Crippen LogP contribution in [0.2, 0.25) is 0 Å². The van der Waals surface area contributed by atoms with E-state index in [1.54, 1.807) is 0 Å². The van der Waals surface area contributed by atoms with Gasteiger partial charge in [0.1, 0.15) is 11.6 Å². The smallest absolute Gasteiger partial charge is 0.249 e. The second-order valence-corrected chi connectivity index (χ2v) is 6.57. The summed E-state index contributed by atoms with van der Waals surface area (Å²) in [5, 5.41) is 8.98. The molecule has 0 atom stereocenters. The number of nitrogens with two attached hydrogens (primary N) is 1. The molecule has 1 aliphatic rings. The molecule has 1 fully saturated rings. The number of halogens is 2. The highest BCUT2D eigenvalue weighted by molar-refractivity contribution is 7.89. The molecule has 3 N–H and O–H groups in total. The summed E-state index contributed by atoms with van der Waals surface area (Å²) in [6.45, 7) is -0.593. The summed E-state index contributed by atoms with van der Waals surface area (Å²) in [7, 11) is -4.33. The molecule has 1 aliphatic carbocycles. The summed E-state index contributed by atoms with van der Waals surface area (Å²) < 4.78 is 53.4. The number of aliphatic hydroxyl groups is 1. The maximum Gasteiger partial charge on any atom is 0.249 e. The van der Waals surface area contributed by atoms with Crippen molar-refractivity contribution in [1.82, 2.24) is 4.31 Å². The Morgan fingerprint density at radius 2 is 1.85 bits per heavy atom. The van der Waals surface area contributed by atoms with Gasteiger partial charge in [0.2, 0.25) is 10.0 Å². The third-order valence-electron chi connectivity index (χ3n) is 3.39. The fraction of sp³-hybridized carbons (Fsp3) is 0.500. The normalized spacial score (nSPS) is 16.4. The van der Waals surface area contributed by atoms with Crippen LogP contribution in [0.5, 0.6) is 0 Å². The van der Waals surface area contributed by atoms with Crippen LogP contribution in [0, 0.1) is 11.6 Å². The highest BCUT2D eigenvalue weighted by Gasteiger charge is 2.37. The lowest BCUT2D eigenvalue weighted by molar-refractivity contribution is 0.177. The fourth-order valence-electron chi connectivity index (χ4n) is 2.22. The van der Waals surface area contributed by atoms with Crippen molar-refractivity contribution < 1.29 is 22.3 Å². The molecule has 0 unspecified atom stereocenters. The minimum atomic E-state index is -4.33. The molecule has 0 amide bonds. The second-order valence-electron chi connectivity index (χ2n) is 4.74.